The maximum atomic E-state index is 11.7. The molecule has 6 nitrogen and oxygen atoms in total. The van der Waals surface area contributed by atoms with E-state index in [-0.39, 0.29) is 5.41 Å². The standard InChI is InChI=1S/C13H22N4O2S/c1-13(2,3)9-8-20-12(15-9)16-11(19)10(18)14-6-7-17(4)5/h8H,6-7H2,1-5H3,(H,14,18)(H,15,16,19). The van der Waals surface area contributed by atoms with Crippen molar-refractivity contribution in [1.82, 2.24) is 15.2 Å². The minimum atomic E-state index is -0.682. The van der Waals surface area contributed by atoms with Gasteiger partial charge in [0.25, 0.3) is 0 Å². The average molecular weight is 298 g/mol. The number of carbonyl (C=O) groups excluding carboxylic acids is 2. The summed E-state index contributed by atoms with van der Waals surface area (Å²) < 4.78 is 0. The molecule has 0 radical (unpaired) electrons. The molecule has 0 aliphatic rings. The van der Waals surface area contributed by atoms with Crippen LogP contribution in [0.1, 0.15) is 26.5 Å². The quantitative estimate of drug-likeness (QED) is 0.815. The van der Waals surface area contributed by atoms with Crippen molar-refractivity contribution < 1.29 is 9.59 Å². The van der Waals surface area contributed by atoms with Crippen molar-refractivity contribution in [3.05, 3.63) is 11.1 Å². The van der Waals surface area contributed by atoms with Gasteiger partial charge in [0.2, 0.25) is 0 Å². The van der Waals surface area contributed by atoms with Crippen LogP contribution in [-0.2, 0) is 15.0 Å². The molecule has 112 valence electrons. The number of rotatable bonds is 4. The Morgan fingerprint density at radius 3 is 2.45 bits per heavy atom. The molecule has 0 unspecified atom stereocenters. The molecule has 0 fully saturated rings. The van der Waals surface area contributed by atoms with Gasteiger partial charge in [0.15, 0.2) is 5.13 Å². The fraction of sp³-hybridized carbons (Fsp3) is 0.615. The van der Waals surface area contributed by atoms with E-state index in [1.807, 2.05) is 45.1 Å². The Morgan fingerprint density at radius 2 is 1.95 bits per heavy atom. The van der Waals surface area contributed by atoms with Gasteiger partial charge in [-0.2, -0.15) is 0 Å². The van der Waals surface area contributed by atoms with Gasteiger partial charge in [-0.15, -0.1) is 11.3 Å². The molecular formula is C13H22N4O2S. The Hall–Kier alpha value is -1.47. The molecule has 2 N–H and O–H groups in total. The van der Waals surface area contributed by atoms with Crippen LogP contribution in [0.3, 0.4) is 0 Å². The Labute approximate surface area is 123 Å². The van der Waals surface area contributed by atoms with Gasteiger partial charge in [-0.3, -0.25) is 14.9 Å². The van der Waals surface area contributed by atoms with E-state index in [4.69, 9.17) is 0 Å². The van der Waals surface area contributed by atoms with E-state index in [1.165, 1.54) is 11.3 Å². The number of nitrogens with zero attached hydrogens (tertiary/aromatic N) is 2. The molecule has 0 spiro atoms. The van der Waals surface area contributed by atoms with Crippen molar-refractivity contribution in [2.75, 3.05) is 32.5 Å². The van der Waals surface area contributed by atoms with Gasteiger partial charge >= 0.3 is 11.8 Å². The van der Waals surface area contributed by atoms with Crippen molar-refractivity contribution in [2.45, 2.75) is 26.2 Å². The van der Waals surface area contributed by atoms with Gasteiger partial charge in [-0.25, -0.2) is 4.98 Å². The van der Waals surface area contributed by atoms with E-state index in [0.29, 0.717) is 18.2 Å². The van der Waals surface area contributed by atoms with Crippen molar-refractivity contribution in [1.29, 1.82) is 0 Å². The third kappa shape index (κ3) is 5.26. The van der Waals surface area contributed by atoms with Crippen LogP contribution < -0.4 is 10.6 Å². The Balaban J connectivity index is 2.49. The highest BCUT2D eigenvalue weighted by Gasteiger charge is 2.19. The second-order valence-electron chi connectivity index (χ2n) is 5.80. The summed E-state index contributed by atoms with van der Waals surface area (Å²) in [6, 6.07) is 0. The van der Waals surface area contributed by atoms with Gasteiger partial charge in [0.05, 0.1) is 5.69 Å². The molecule has 1 aromatic rings. The molecule has 0 aromatic carbocycles. The predicted molar refractivity (Wildman–Crippen MR) is 81.0 cm³/mol. The topological polar surface area (TPSA) is 74.3 Å². The molecule has 7 heteroatoms. The van der Waals surface area contributed by atoms with Crippen LogP contribution in [0.25, 0.3) is 0 Å². The summed E-state index contributed by atoms with van der Waals surface area (Å²) >= 11 is 1.32. The maximum absolute atomic E-state index is 11.7. The molecule has 0 atom stereocenters. The molecule has 1 heterocycles. The normalized spacial score (nSPS) is 11.5. The first-order valence-corrected chi connectivity index (χ1v) is 7.28. The van der Waals surface area contributed by atoms with Crippen molar-refractivity contribution >= 4 is 28.3 Å². The van der Waals surface area contributed by atoms with Gasteiger partial charge in [0.1, 0.15) is 0 Å². The highest BCUT2D eigenvalue weighted by Crippen LogP contribution is 2.26. The molecule has 1 rings (SSSR count). The summed E-state index contributed by atoms with van der Waals surface area (Å²) in [5.74, 6) is -1.32. The average Bonchev–Trinajstić information content (AvgIpc) is 2.76. The number of anilines is 1. The highest BCUT2D eigenvalue weighted by atomic mass is 32.1. The van der Waals surface area contributed by atoms with E-state index in [1.54, 1.807) is 0 Å². The third-order valence-corrected chi connectivity index (χ3v) is 3.30. The maximum Gasteiger partial charge on any atom is 0.315 e. The lowest BCUT2D eigenvalue weighted by molar-refractivity contribution is -0.136. The molecule has 0 bridgehead atoms. The zero-order valence-corrected chi connectivity index (χ0v) is 13.4. The molecule has 20 heavy (non-hydrogen) atoms. The van der Waals surface area contributed by atoms with E-state index in [0.717, 1.165) is 5.69 Å². The van der Waals surface area contributed by atoms with Gasteiger partial charge in [0, 0.05) is 23.9 Å². The number of aromatic nitrogens is 1. The Bertz CT molecular complexity index is 477. The lowest BCUT2D eigenvalue weighted by Crippen LogP contribution is -2.38. The zero-order valence-electron chi connectivity index (χ0n) is 12.6. The van der Waals surface area contributed by atoms with Gasteiger partial charge in [-0.1, -0.05) is 20.8 Å². The van der Waals surface area contributed by atoms with Gasteiger partial charge in [-0.05, 0) is 14.1 Å². The smallest absolute Gasteiger partial charge is 0.315 e. The van der Waals surface area contributed by atoms with Gasteiger partial charge < -0.3 is 10.2 Å². The van der Waals surface area contributed by atoms with Crippen LogP contribution in [0.15, 0.2) is 5.38 Å². The lowest BCUT2D eigenvalue weighted by Gasteiger charge is -2.14. The number of thiazole rings is 1. The summed E-state index contributed by atoms with van der Waals surface area (Å²) in [4.78, 5) is 29.5. The van der Waals surface area contributed by atoms with E-state index < -0.39 is 11.8 Å². The third-order valence-electron chi connectivity index (χ3n) is 2.54. The number of amides is 2. The molecule has 0 saturated carbocycles. The largest absolute Gasteiger partial charge is 0.347 e. The molecule has 2 amide bonds. The summed E-state index contributed by atoms with van der Waals surface area (Å²) in [5.41, 5.74) is 0.818. The molecular weight excluding hydrogens is 276 g/mol. The van der Waals surface area contributed by atoms with E-state index >= 15 is 0 Å². The van der Waals surface area contributed by atoms with E-state index in [9.17, 15) is 9.59 Å². The highest BCUT2D eigenvalue weighted by molar-refractivity contribution is 7.14. The summed E-state index contributed by atoms with van der Waals surface area (Å²) in [6.45, 7) is 7.25. The first-order valence-electron chi connectivity index (χ1n) is 6.40. The molecule has 0 aliphatic heterocycles. The van der Waals surface area contributed by atoms with Crippen LogP contribution >= 0.6 is 11.3 Å². The first kappa shape index (κ1) is 16.6. The second-order valence-corrected chi connectivity index (χ2v) is 6.66. The molecule has 1 aromatic heterocycles. The predicted octanol–water partition coefficient (Wildman–Crippen LogP) is 1.06. The van der Waals surface area contributed by atoms with E-state index in [2.05, 4.69) is 15.6 Å². The van der Waals surface area contributed by atoms with Crippen LogP contribution in [0, 0.1) is 0 Å². The van der Waals surface area contributed by atoms with Crippen LogP contribution in [0.4, 0.5) is 5.13 Å². The molecule has 0 aliphatic carbocycles. The van der Waals surface area contributed by atoms with Crippen molar-refractivity contribution in [3.8, 4) is 0 Å². The van der Waals surface area contributed by atoms with Crippen LogP contribution in [0.5, 0.6) is 0 Å². The number of hydrogen-bond acceptors (Lipinski definition) is 5. The molecule has 0 saturated heterocycles. The Morgan fingerprint density at radius 1 is 1.30 bits per heavy atom. The minimum Gasteiger partial charge on any atom is -0.347 e. The summed E-state index contributed by atoms with van der Waals surface area (Å²) in [5, 5.41) is 7.41. The SMILES string of the molecule is CN(C)CCNC(=O)C(=O)Nc1nc(C(C)(C)C)cs1. The fourth-order valence-electron chi connectivity index (χ4n) is 1.30. The van der Waals surface area contributed by atoms with Crippen LogP contribution in [0.2, 0.25) is 0 Å². The number of hydrogen-bond donors (Lipinski definition) is 2. The monoisotopic (exact) mass is 298 g/mol. The summed E-state index contributed by atoms with van der Waals surface area (Å²) in [6.07, 6.45) is 0. The lowest BCUT2D eigenvalue weighted by atomic mass is 9.93. The zero-order chi connectivity index (χ0) is 15.3. The fourth-order valence-corrected chi connectivity index (χ4v) is 2.24. The number of likely N-dealkylation sites (N-methyl/N-ethyl adjacent to an activating group) is 1. The van der Waals surface area contributed by atoms with Crippen molar-refractivity contribution in [2.24, 2.45) is 0 Å². The van der Waals surface area contributed by atoms with Crippen LogP contribution in [-0.4, -0.2) is 48.9 Å². The minimum absolute atomic E-state index is 0.0759. The second kappa shape index (κ2) is 6.81. The van der Waals surface area contributed by atoms with Crippen molar-refractivity contribution in [3.63, 3.8) is 0 Å². The first-order chi connectivity index (χ1) is 9.20. The number of nitrogens with one attached hydrogen (secondary N) is 2. The number of carbonyl (C=O) groups is 2. The summed E-state index contributed by atoms with van der Waals surface area (Å²) in [7, 11) is 3.80. The Kier molecular flexibility index (Phi) is 5.64.